The van der Waals surface area contributed by atoms with E-state index in [0.29, 0.717) is 6.04 Å². The molecule has 0 aliphatic carbocycles. The summed E-state index contributed by atoms with van der Waals surface area (Å²) < 4.78 is 3.17. The number of rotatable bonds is 2. The molecule has 0 radical (unpaired) electrons. The van der Waals surface area contributed by atoms with Crippen molar-refractivity contribution < 1.29 is 0 Å². The Balaban J connectivity index is 2.09. The van der Waals surface area contributed by atoms with Crippen LogP contribution >= 0.6 is 15.9 Å². The fourth-order valence-electron chi connectivity index (χ4n) is 2.23. The lowest BCUT2D eigenvalue weighted by Gasteiger charge is -2.23. The van der Waals surface area contributed by atoms with Crippen LogP contribution in [0.15, 0.2) is 4.47 Å². The molecule has 1 N–H and O–H groups in total. The highest BCUT2D eigenvalue weighted by atomic mass is 79.9. The molecule has 0 aromatic carbocycles. The van der Waals surface area contributed by atoms with Crippen LogP contribution in [0.25, 0.3) is 0 Å². The summed E-state index contributed by atoms with van der Waals surface area (Å²) >= 11 is 3.62. The van der Waals surface area contributed by atoms with Gasteiger partial charge in [0.1, 0.15) is 0 Å². The van der Waals surface area contributed by atoms with Gasteiger partial charge in [-0.25, -0.2) is 0 Å². The van der Waals surface area contributed by atoms with Gasteiger partial charge in [-0.15, -0.1) is 0 Å². The Morgan fingerprint density at radius 2 is 2.33 bits per heavy atom. The zero-order valence-electron chi connectivity index (χ0n) is 9.39. The minimum absolute atomic E-state index is 0.629. The number of hydrogen-bond donors (Lipinski definition) is 1. The number of aryl methyl sites for hydroxylation is 2. The second-order valence-electron chi connectivity index (χ2n) is 4.32. The normalized spacial score (nSPS) is 21.9. The quantitative estimate of drug-likeness (QED) is 0.894. The van der Waals surface area contributed by atoms with Crippen LogP contribution in [0.2, 0.25) is 0 Å². The van der Waals surface area contributed by atoms with Crippen LogP contribution in [0.1, 0.15) is 30.7 Å². The van der Waals surface area contributed by atoms with Crippen LogP contribution in [-0.2, 0) is 13.5 Å². The van der Waals surface area contributed by atoms with Crippen LogP contribution in [-0.4, -0.2) is 22.4 Å². The van der Waals surface area contributed by atoms with E-state index in [2.05, 4.69) is 26.3 Å². The van der Waals surface area contributed by atoms with Gasteiger partial charge < -0.3 is 5.32 Å². The molecule has 2 heterocycles. The van der Waals surface area contributed by atoms with Crippen LogP contribution in [0, 0.1) is 6.92 Å². The van der Waals surface area contributed by atoms with Crippen molar-refractivity contribution in [3.8, 4) is 0 Å². The molecule has 15 heavy (non-hydrogen) atoms. The average molecular weight is 272 g/mol. The third kappa shape index (κ3) is 2.42. The molecule has 2 rings (SSSR count). The van der Waals surface area contributed by atoms with Crippen molar-refractivity contribution in [2.45, 2.75) is 38.6 Å². The molecular weight excluding hydrogens is 254 g/mol. The third-order valence-corrected chi connectivity index (χ3v) is 4.15. The number of aromatic nitrogens is 2. The predicted molar refractivity (Wildman–Crippen MR) is 65.0 cm³/mol. The van der Waals surface area contributed by atoms with Gasteiger partial charge in [-0.05, 0) is 42.2 Å². The summed E-state index contributed by atoms with van der Waals surface area (Å²) in [5.74, 6) is 0. The summed E-state index contributed by atoms with van der Waals surface area (Å²) in [6.45, 7) is 3.21. The zero-order valence-corrected chi connectivity index (χ0v) is 11.0. The highest BCUT2D eigenvalue weighted by molar-refractivity contribution is 9.10. The monoisotopic (exact) mass is 271 g/mol. The highest BCUT2D eigenvalue weighted by Crippen LogP contribution is 2.23. The Morgan fingerprint density at radius 1 is 1.53 bits per heavy atom. The van der Waals surface area contributed by atoms with E-state index in [0.717, 1.165) is 12.1 Å². The minimum Gasteiger partial charge on any atom is -0.314 e. The van der Waals surface area contributed by atoms with Crippen LogP contribution < -0.4 is 5.32 Å². The second kappa shape index (κ2) is 4.66. The minimum atomic E-state index is 0.629. The standard InChI is InChI=1S/C11H18BrN3/c1-8-11(12)10(15(2)14-8)7-9-5-3-4-6-13-9/h9,13H,3-7H2,1-2H3. The van der Waals surface area contributed by atoms with E-state index >= 15 is 0 Å². The molecule has 0 spiro atoms. The summed E-state index contributed by atoms with van der Waals surface area (Å²) in [6, 6.07) is 0.629. The first kappa shape index (κ1) is 11.1. The summed E-state index contributed by atoms with van der Waals surface area (Å²) in [6.07, 6.45) is 5.04. The Labute approximate surface area is 99.4 Å². The summed E-state index contributed by atoms with van der Waals surface area (Å²) in [4.78, 5) is 0. The zero-order chi connectivity index (χ0) is 10.8. The lowest BCUT2D eigenvalue weighted by atomic mass is 10.0. The van der Waals surface area contributed by atoms with Crippen molar-refractivity contribution in [1.29, 1.82) is 0 Å². The number of nitrogens with zero attached hydrogens (tertiary/aromatic N) is 2. The van der Waals surface area contributed by atoms with Gasteiger partial charge in [0.25, 0.3) is 0 Å². The van der Waals surface area contributed by atoms with Crippen molar-refractivity contribution in [2.24, 2.45) is 7.05 Å². The van der Waals surface area contributed by atoms with Gasteiger partial charge in [0.15, 0.2) is 0 Å². The molecule has 3 nitrogen and oxygen atoms in total. The lowest BCUT2D eigenvalue weighted by molar-refractivity contribution is 0.392. The van der Waals surface area contributed by atoms with Gasteiger partial charge in [0, 0.05) is 19.5 Å². The topological polar surface area (TPSA) is 29.9 Å². The molecule has 1 fully saturated rings. The first-order chi connectivity index (χ1) is 7.18. The van der Waals surface area contributed by atoms with E-state index < -0.39 is 0 Å². The van der Waals surface area contributed by atoms with Crippen molar-refractivity contribution >= 4 is 15.9 Å². The SMILES string of the molecule is Cc1nn(C)c(CC2CCCCN2)c1Br. The fourth-order valence-corrected chi connectivity index (χ4v) is 2.73. The van der Waals surface area contributed by atoms with Gasteiger partial charge in [-0.1, -0.05) is 6.42 Å². The van der Waals surface area contributed by atoms with E-state index in [1.165, 1.54) is 36.0 Å². The molecule has 0 bridgehead atoms. The molecule has 1 aliphatic heterocycles. The van der Waals surface area contributed by atoms with Crippen molar-refractivity contribution in [3.05, 3.63) is 15.9 Å². The molecular formula is C11H18BrN3. The van der Waals surface area contributed by atoms with E-state index in [1.807, 2.05) is 18.7 Å². The Morgan fingerprint density at radius 3 is 2.87 bits per heavy atom. The van der Waals surface area contributed by atoms with E-state index in [1.54, 1.807) is 0 Å². The molecule has 1 atom stereocenters. The first-order valence-electron chi connectivity index (χ1n) is 5.60. The van der Waals surface area contributed by atoms with E-state index in [9.17, 15) is 0 Å². The Hall–Kier alpha value is -0.350. The van der Waals surface area contributed by atoms with Gasteiger partial charge in [-0.3, -0.25) is 4.68 Å². The van der Waals surface area contributed by atoms with Crippen LogP contribution in [0.3, 0.4) is 0 Å². The van der Waals surface area contributed by atoms with E-state index in [4.69, 9.17) is 0 Å². The Kier molecular flexibility index (Phi) is 3.46. The molecule has 0 saturated carbocycles. The molecule has 1 aromatic heterocycles. The van der Waals surface area contributed by atoms with Crippen LogP contribution in [0.5, 0.6) is 0 Å². The van der Waals surface area contributed by atoms with Crippen molar-refractivity contribution in [3.63, 3.8) is 0 Å². The van der Waals surface area contributed by atoms with Crippen LogP contribution in [0.4, 0.5) is 0 Å². The number of halogens is 1. The Bertz CT molecular complexity index is 340. The molecule has 1 saturated heterocycles. The number of hydrogen-bond acceptors (Lipinski definition) is 2. The molecule has 84 valence electrons. The maximum absolute atomic E-state index is 4.42. The van der Waals surface area contributed by atoms with Gasteiger partial charge in [-0.2, -0.15) is 5.10 Å². The van der Waals surface area contributed by atoms with Gasteiger partial charge in [0.05, 0.1) is 15.9 Å². The smallest absolute Gasteiger partial charge is 0.0738 e. The first-order valence-corrected chi connectivity index (χ1v) is 6.39. The van der Waals surface area contributed by atoms with Gasteiger partial charge >= 0.3 is 0 Å². The van der Waals surface area contributed by atoms with Crippen molar-refractivity contribution in [2.75, 3.05) is 6.54 Å². The number of nitrogens with one attached hydrogen (secondary N) is 1. The second-order valence-corrected chi connectivity index (χ2v) is 5.11. The maximum atomic E-state index is 4.42. The molecule has 4 heteroatoms. The summed E-state index contributed by atoms with van der Waals surface area (Å²) in [7, 11) is 2.02. The van der Waals surface area contributed by atoms with Gasteiger partial charge in [0.2, 0.25) is 0 Å². The molecule has 1 aliphatic rings. The van der Waals surface area contributed by atoms with Crippen molar-refractivity contribution in [1.82, 2.24) is 15.1 Å². The summed E-state index contributed by atoms with van der Waals surface area (Å²) in [5.41, 5.74) is 2.40. The number of piperidine rings is 1. The fraction of sp³-hybridized carbons (Fsp3) is 0.727. The predicted octanol–water partition coefficient (Wildman–Crippen LogP) is 2.18. The molecule has 0 amide bonds. The summed E-state index contributed by atoms with van der Waals surface area (Å²) in [5, 5.41) is 7.99. The highest BCUT2D eigenvalue weighted by Gasteiger charge is 2.18. The lowest BCUT2D eigenvalue weighted by Crippen LogP contribution is -2.36. The average Bonchev–Trinajstić information content (AvgIpc) is 2.47. The molecule has 1 unspecified atom stereocenters. The van der Waals surface area contributed by atoms with E-state index in [-0.39, 0.29) is 0 Å². The largest absolute Gasteiger partial charge is 0.314 e. The maximum Gasteiger partial charge on any atom is 0.0738 e. The third-order valence-electron chi connectivity index (χ3n) is 3.11. The molecule has 1 aromatic rings.